The van der Waals surface area contributed by atoms with Crippen molar-refractivity contribution in [3.63, 3.8) is 0 Å². The molecular weight excluding hydrogens is 410 g/mol. The first-order valence-electron chi connectivity index (χ1n) is 9.05. The monoisotopic (exact) mass is 425 g/mol. The summed E-state index contributed by atoms with van der Waals surface area (Å²) in [6, 6.07) is 10.8. The largest absolute Gasteiger partial charge is 0.480 e. The summed E-state index contributed by atoms with van der Waals surface area (Å²) in [5.74, 6) is -1.74. The van der Waals surface area contributed by atoms with Gasteiger partial charge < -0.3 is 19.3 Å². The van der Waals surface area contributed by atoms with Crippen molar-refractivity contribution < 1.29 is 23.5 Å². The molecule has 0 saturated heterocycles. The Morgan fingerprint density at radius 2 is 1.83 bits per heavy atom. The summed E-state index contributed by atoms with van der Waals surface area (Å²) < 4.78 is 11.1. The molecule has 0 aliphatic rings. The van der Waals surface area contributed by atoms with Crippen molar-refractivity contribution in [2.45, 2.75) is 13.3 Å². The molecule has 0 unspecified atom stereocenters. The molecule has 0 spiro atoms. The van der Waals surface area contributed by atoms with Crippen LogP contribution in [0.4, 0.5) is 0 Å². The fourth-order valence-electron chi connectivity index (χ4n) is 3.36. The molecule has 2 aromatic heterocycles. The Labute approximate surface area is 174 Å². The molecule has 0 aliphatic heterocycles. The number of halogens is 1. The Hall–Kier alpha value is -3.58. The van der Waals surface area contributed by atoms with Crippen LogP contribution in [0.5, 0.6) is 0 Å². The lowest BCUT2D eigenvalue weighted by atomic mass is 9.99. The number of furan rings is 1. The summed E-state index contributed by atoms with van der Waals surface area (Å²) in [5.41, 5.74) is 2.81. The fourth-order valence-corrected chi connectivity index (χ4v) is 3.49. The van der Waals surface area contributed by atoms with Gasteiger partial charge in [-0.2, -0.15) is 0 Å². The quantitative estimate of drug-likeness (QED) is 0.469. The Balaban J connectivity index is 1.81. The number of benzene rings is 2. The number of aliphatic carboxylic acids is 1. The van der Waals surface area contributed by atoms with Gasteiger partial charge in [0.05, 0.1) is 18.2 Å². The molecule has 0 radical (unpaired) electrons. The van der Waals surface area contributed by atoms with Crippen molar-refractivity contribution in [3.8, 4) is 11.1 Å². The molecule has 4 rings (SSSR count). The number of hydrogen-bond acceptors (Lipinski definition) is 5. The van der Waals surface area contributed by atoms with Crippen molar-refractivity contribution in [1.82, 2.24) is 5.32 Å². The Bertz CT molecular complexity index is 1350. The molecule has 8 heteroatoms. The van der Waals surface area contributed by atoms with Crippen LogP contribution in [0.15, 0.2) is 56.3 Å². The van der Waals surface area contributed by atoms with E-state index in [0.717, 1.165) is 16.5 Å². The van der Waals surface area contributed by atoms with Gasteiger partial charge >= 0.3 is 11.6 Å². The molecule has 4 aromatic rings. The van der Waals surface area contributed by atoms with E-state index in [1.54, 1.807) is 31.4 Å². The third-order valence-corrected chi connectivity index (χ3v) is 5.16. The highest BCUT2D eigenvalue weighted by atomic mass is 35.5. The van der Waals surface area contributed by atoms with Crippen molar-refractivity contribution in [3.05, 3.63) is 69.2 Å². The van der Waals surface area contributed by atoms with Crippen molar-refractivity contribution in [2.24, 2.45) is 0 Å². The number of carbonyl (C=O) groups excluding carboxylic acids is 1. The van der Waals surface area contributed by atoms with E-state index < -0.39 is 24.0 Å². The highest BCUT2D eigenvalue weighted by molar-refractivity contribution is 6.30. The van der Waals surface area contributed by atoms with Crippen molar-refractivity contribution >= 4 is 45.4 Å². The molecule has 0 saturated carbocycles. The molecule has 30 heavy (non-hydrogen) atoms. The highest BCUT2D eigenvalue weighted by Crippen LogP contribution is 2.35. The zero-order chi connectivity index (χ0) is 21.4. The third-order valence-electron chi connectivity index (χ3n) is 4.91. The van der Waals surface area contributed by atoms with Gasteiger partial charge in [0, 0.05) is 27.4 Å². The second-order valence-electron chi connectivity index (χ2n) is 6.84. The molecule has 152 valence electrons. The summed E-state index contributed by atoms with van der Waals surface area (Å²) in [5, 5.41) is 13.0. The second-order valence-corrected chi connectivity index (χ2v) is 7.28. The number of amides is 1. The lowest BCUT2D eigenvalue weighted by molar-refractivity contribution is -0.137. The van der Waals surface area contributed by atoms with Crippen molar-refractivity contribution in [2.75, 3.05) is 6.54 Å². The predicted molar refractivity (Wildman–Crippen MR) is 112 cm³/mol. The SMILES string of the molecule is Cc1c(CC(=O)NCC(=O)O)c(=O)oc2cc3occ(-c4ccc(Cl)cc4)c3cc12. The van der Waals surface area contributed by atoms with Crippen LogP contribution in [-0.2, 0) is 16.0 Å². The van der Waals surface area contributed by atoms with Gasteiger partial charge in [-0.3, -0.25) is 9.59 Å². The van der Waals surface area contributed by atoms with Gasteiger partial charge in [-0.05, 0) is 36.2 Å². The molecule has 1 amide bonds. The molecule has 0 bridgehead atoms. The zero-order valence-electron chi connectivity index (χ0n) is 15.8. The number of rotatable bonds is 5. The molecule has 0 atom stereocenters. The smallest absolute Gasteiger partial charge is 0.340 e. The lowest BCUT2D eigenvalue weighted by Gasteiger charge is -2.08. The Morgan fingerprint density at radius 1 is 1.10 bits per heavy atom. The van der Waals surface area contributed by atoms with Crippen LogP contribution < -0.4 is 10.9 Å². The van der Waals surface area contributed by atoms with Gasteiger partial charge in [0.25, 0.3) is 0 Å². The first kappa shape index (κ1) is 19.7. The van der Waals surface area contributed by atoms with E-state index in [4.69, 9.17) is 25.5 Å². The first-order chi connectivity index (χ1) is 14.3. The molecule has 2 aromatic carbocycles. The number of carboxylic acids is 1. The van der Waals surface area contributed by atoms with Crippen LogP contribution in [0.25, 0.3) is 33.1 Å². The van der Waals surface area contributed by atoms with Gasteiger partial charge in [0.2, 0.25) is 5.91 Å². The summed E-state index contributed by atoms with van der Waals surface area (Å²) in [6.45, 7) is 1.21. The van der Waals surface area contributed by atoms with Crippen LogP contribution >= 0.6 is 11.6 Å². The molecule has 7 nitrogen and oxygen atoms in total. The van der Waals surface area contributed by atoms with E-state index in [1.165, 1.54) is 0 Å². The number of carboxylic acid groups (broad SMARTS) is 1. The Kier molecular flexibility index (Phi) is 5.05. The maximum absolute atomic E-state index is 12.4. The van der Waals surface area contributed by atoms with Gasteiger partial charge in [-0.1, -0.05) is 23.7 Å². The maximum atomic E-state index is 12.4. The van der Waals surface area contributed by atoms with E-state index in [-0.39, 0.29) is 12.0 Å². The standard InChI is InChI=1S/C22H16ClNO6/c1-11-14-6-16-17(12-2-4-13(23)5-3-12)10-29-18(16)8-19(14)30-22(28)15(11)7-20(25)24-9-21(26)27/h2-6,8,10H,7,9H2,1H3,(H,24,25)(H,26,27). The predicted octanol–water partition coefficient (Wildman–Crippen LogP) is 3.91. The van der Waals surface area contributed by atoms with Crippen molar-refractivity contribution in [1.29, 1.82) is 0 Å². The minimum Gasteiger partial charge on any atom is -0.480 e. The number of fused-ring (bicyclic) bond motifs is 2. The fraction of sp³-hybridized carbons (Fsp3) is 0.136. The van der Waals surface area contributed by atoms with E-state index in [2.05, 4.69) is 5.32 Å². The Morgan fingerprint density at radius 3 is 2.53 bits per heavy atom. The highest BCUT2D eigenvalue weighted by Gasteiger charge is 2.18. The zero-order valence-corrected chi connectivity index (χ0v) is 16.6. The molecule has 2 N–H and O–H groups in total. The minimum atomic E-state index is -1.16. The average Bonchev–Trinajstić information content (AvgIpc) is 3.12. The van der Waals surface area contributed by atoms with Gasteiger partial charge in [-0.25, -0.2) is 4.79 Å². The summed E-state index contributed by atoms with van der Waals surface area (Å²) >= 11 is 5.97. The number of carbonyl (C=O) groups is 2. The van der Waals surface area contributed by atoms with E-state index >= 15 is 0 Å². The maximum Gasteiger partial charge on any atom is 0.340 e. The van der Waals surface area contributed by atoms with Crippen LogP contribution in [0, 0.1) is 6.92 Å². The van der Waals surface area contributed by atoms with Gasteiger partial charge in [-0.15, -0.1) is 0 Å². The van der Waals surface area contributed by atoms with Crippen LogP contribution in [0.1, 0.15) is 11.1 Å². The topological polar surface area (TPSA) is 110 Å². The normalized spacial score (nSPS) is 11.1. The third kappa shape index (κ3) is 3.67. The molecule has 0 aliphatic carbocycles. The van der Waals surface area contributed by atoms with Crippen LogP contribution in [0.3, 0.4) is 0 Å². The van der Waals surface area contributed by atoms with E-state index in [9.17, 15) is 14.4 Å². The number of aryl methyl sites for hydroxylation is 1. The lowest BCUT2D eigenvalue weighted by Crippen LogP contribution is -2.32. The molecule has 0 fully saturated rings. The summed E-state index contributed by atoms with van der Waals surface area (Å²) in [4.78, 5) is 35.1. The van der Waals surface area contributed by atoms with Gasteiger partial charge in [0.15, 0.2) is 0 Å². The molecule has 2 heterocycles. The number of nitrogens with one attached hydrogen (secondary N) is 1. The minimum absolute atomic E-state index is 0.182. The van der Waals surface area contributed by atoms with Crippen LogP contribution in [-0.4, -0.2) is 23.5 Å². The van der Waals surface area contributed by atoms with Gasteiger partial charge in [0.1, 0.15) is 17.7 Å². The van der Waals surface area contributed by atoms with Crippen LogP contribution in [0.2, 0.25) is 5.02 Å². The molecular formula is C22H16ClNO6. The van der Waals surface area contributed by atoms with E-state index in [0.29, 0.717) is 27.1 Å². The summed E-state index contributed by atoms with van der Waals surface area (Å²) in [7, 11) is 0. The summed E-state index contributed by atoms with van der Waals surface area (Å²) in [6.07, 6.45) is 1.35. The second kappa shape index (κ2) is 7.68. The van der Waals surface area contributed by atoms with E-state index in [1.807, 2.05) is 18.2 Å². The first-order valence-corrected chi connectivity index (χ1v) is 9.43. The average molecular weight is 426 g/mol. The number of hydrogen-bond donors (Lipinski definition) is 2.